The predicted octanol–water partition coefficient (Wildman–Crippen LogP) is -0.823. The molecule has 0 aliphatic heterocycles. The molecule has 0 saturated heterocycles. The first-order chi connectivity index (χ1) is 8.03. The molecule has 4 heteroatoms. The highest BCUT2D eigenvalue weighted by Gasteiger charge is 2.38. The summed E-state index contributed by atoms with van der Waals surface area (Å²) in [6, 6.07) is 0. The lowest BCUT2D eigenvalue weighted by Crippen LogP contribution is -3.44. The summed E-state index contributed by atoms with van der Waals surface area (Å²) in [5.74, 6) is 0.0210. The Labute approximate surface area is 116 Å². The van der Waals surface area contributed by atoms with Gasteiger partial charge in [-0.25, -0.2) is 0 Å². The van der Waals surface area contributed by atoms with Crippen LogP contribution in [-0.4, -0.2) is 22.3 Å². The number of Topliss-reactive ketones (excluding diaryl/α,β-unsaturated/α-hetero) is 1. The molecule has 0 aromatic rings. The van der Waals surface area contributed by atoms with Gasteiger partial charge < -0.3 is 27.3 Å². The van der Waals surface area contributed by atoms with Gasteiger partial charge in [-0.2, -0.15) is 0 Å². The molecule has 0 spiro atoms. The van der Waals surface area contributed by atoms with Gasteiger partial charge in [0.05, 0.1) is 7.11 Å². The Balaban J connectivity index is 2.71. The van der Waals surface area contributed by atoms with Gasteiger partial charge in [0.1, 0.15) is 5.78 Å². The maximum atomic E-state index is 11.9. The van der Waals surface area contributed by atoms with Crippen molar-refractivity contribution in [3.05, 3.63) is 12.2 Å². The number of esters is 1. The van der Waals surface area contributed by atoms with Crippen molar-refractivity contribution in [2.24, 2.45) is 5.92 Å². The van der Waals surface area contributed by atoms with Gasteiger partial charge in [0.2, 0.25) is 0 Å². The van der Waals surface area contributed by atoms with Crippen molar-refractivity contribution in [2.45, 2.75) is 42.4 Å². The van der Waals surface area contributed by atoms with E-state index in [-0.39, 0.29) is 21.1 Å². The van der Waals surface area contributed by atoms with E-state index in [1.165, 1.54) is 7.11 Å². The topological polar surface area (TPSA) is 43.4 Å². The maximum absolute atomic E-state index is 11.9. The molecule has 1 rings (SSSR count). The van der Waals surface area contributed by atoms with Crippen molar-refractivity contribution in [1.82, 2.24) is 0 Å². The van der Waals surface area contributed by atoms with Gasteiger partial charge in [0.15, 0.2) is 0 Å². The number of alkyl halides is 1. The summed E-state index contributed by atoms with van der Waals surface area (Å²) in [6.45, 7) is 2.07. The molecule has 0 N–H and O–H groups in total. The molecule has 0 amide bonds. The number of ether oxygens (including phenoxy) is 1. The maximum Gasteiger partial charge on any atom is 0.304 e. The third kappa shape index (κ3) is 3.79. The average molecular weight is 350 g/mol. The van der Waals surface area contributed by atoms with Gasteiger partial charge in [-0.05, 0) is 12.8 Å². The van der Waals surface area contributed by atoms with E-state index in [2.05, 4.69) is 41.7 Å². The monoisotopic (exact) mass is 350 g/mol. The van der Waals surface area contributed by atoms with Crippen LogP contribution in [0.15, 0.2) is 12.2 Å². The standard InChI is InChI=1S/C13H19IO3/c1-3-4-5-6-10-11(15)7-8-13(10,14)9-12(16)17-2/h4-5,10H,3,6-9H2,1-2H3/q-1/b5-4-/t10-,13+/m0/s1. The lowest BCUT2D eigenvalue weighted by atomic mass is 9.89. The van der Waals surface area contributed by atoms with Gasteiger partial charge in [0, 0.05) is 18.8 Å². The SMILES string of the molecule is CC/C=C\C[C@H]1C(=O)CC[C@@]1([I-])CC(=O)OC. The molecule has 0 aromatic heterocycles. The van der Waals surface area contributed by atoms with Crippen LogP contribution in [0.1, 0.15) is 39.0 Å². The molecule has 1 saturated carbocycles. The zero-order chi connectivity index (χ0) is 12.9. The van der Waals surface area contributed by atoms with Crippen molar-refractivity contribution in [2.75, 3.05) is 7.11 Å². The molecule has 17 heavy (non-hydrogen) atoms. The minimum absolute atomic E-state index is 0.0370. The van der Waals surface area contributed by atoms with Gasteiger partial charge in [0.25, 0.3) is 0 Å². The van der Waals surface area contributed by atoms with Crippen LogP contribution in [0.25, 0.3) is 0 Å². The number of ketones is 1. The number of halogens is 1. The van der Waals surface area contributed by atoms with Crippen molar-refractivity contribution in [3.8, 4) is 0 Å². The van der Waals surface area contributed by atoms with E-state index >= 15 is 0 Å². The number of rotatable bonds is 5. The Morgan fingerprint density at radius 2 is 2.29 bits per heavy atom. The normalized spacial score (nSPS) is 28.9. The quantitative estimate of drug-likeness (QED) is 0.282. The van der Waals surface area contributed by atoms with Crippen molar-refractivity contribution in [3.63, 3.8) is 0 Å². The Morgan fingerprint density at radius 1 is 1.59 bits per heavy atom. The van der Waals surface area contributed by atoms with E-state index in [1.54, 1.807) is 0 Å². The van der Waals surface area contributed by atoms with Gasteiger partial charge >= 0.3 is 5.97 Å². The highest BCUT2D eigenvalue weighted by atomic mass is 127. The lowest BCUT2D eigenvalue weighted by molar-refractivity contribution is -0.484. The molecule has 0 unspecified atom stereocenters. The highest BCUT2D eigenvalue weighted by molar-refractivity contribution is 5.86. The summed E-state index contributed by atoms with van der Waals surface area (Å²) < 4.78 is 4.46. The Bertz CT molecular complexity index is 325. The molecule has 3 nitrogen and oxygen atoms in total. The second-order valence-electron chi connectivity index (χ2n) is 4.42. The van der Waals surface area contributed by atoms with Crippen molar-refractivity contribution >= 4 is 11.8 Å². The summed E-state index contributed by atoms with van der Waals surface area (Å²) in [4.78, 5) is 23.3. The predicted molar refractivity (Wildman–Crippen MR) is 61.1 cm³/mol. The fourth-order valence-corrected chi connectivity index (χ4v) is 3.42. The first kappa shape index (κ1) is 14.7. The zero-order valence-electron chi connectivity index (χ0n) is 10.4. The minimum Gasteiger partial charge on any atom is -0.788 e. The van der Waals surface area contributed by atoms with Crippen molar-refractivity contribution in [1.29, 1.82) is 0 Å². The van der Waals surface area contributed by atoms with Crippen molar-refractivity contribution < 1.29 is 36.9 Å². The molecule has 0 heterocycles. The first-order valence-corrected chi connectivity index (χ1v) is 7.05. The van der Waals surface area contributed by atoms with Crippen LogP contribution in [0.2, 0.25) is 0 Å². The molecule has 1 radical (unpaired) electrons. The van der Waals surface area contributed by atoms with E-state index in [9.17, 15) is 9.59 Å². The van der Waals surface area contributed by atoms with Gasteiger partial charge in [-0.15, -0.1) is 3.42 Å². The number of allylic oxidation sites excluding steroid dienone is 2. The van der Waals surface area contributed by atoms with E-state index in [0.717, 1.165) is 19.3 Å². The Hall–Kier alpha value is -0.390. The Kier molecular flexibility index (Phi) is 5.62. The van der Waals surface area contributed by atoms with E-state index in [1.807, 2.05) is 0 Å². The summed E-state index contributed by atoms with van der Waals surface area (Å²) in [6.07, 6.45) is 7.55. The number of hydrogen-bond acceptors (Lipinski definition) is 3. The molecule has 0 bridgehead atoms. The molecular formula is C13H19IO3-. The largest absolute Gasteiger partial charge is 0.788 e. The zero-order valence-corrected chi connectivity index (χ0v) is 12.5. The summed E-state index contributed by atoms with van der Waals surface area (Å²) in [5.41, 5.74) is 0. The summed E-state index contributed by atoms with van der Waals surface area (Å²) >= 11 is 2.28. The number of carbonyl (C=O) groups excluding carboxylic acids is 2. The molecule has 2 atom stereocenters. The fourth-order valence-electron chi connectivity index (χ4n) is 2.23. The average Bonchev–Trinajstić information content (AvgIpc) is 2.57. The third-order valence-corrected chi connectivity index (χ3v) is 4.91. The second kappa shape index (κ2) is 6.52. The molecular weight excluding hydrogens is 331 g/mol. The van der Waals surface area contributed by atoms with Crippen LogP contribution in [0.5, 0.6) is 0 Å². The van der Waals surface area contributed by atoms with E-state index in [0.29, 0.717) is 12.8 Å². The van der Waals surface area contributed by atoms with Gasteiger partial charge in [-0.1, -0.05) is 25.5 Å². The van der Waals surface area contributed by atoms with Crippen LogP contribution < -0.4 is 22.6 Å². The first-order valence-electron chi connectivity index (χ1n) is 5.97. The van der Waals surface area contributed by atoms with Gasteiger partial charge in [-0.3, -0.25) is 9.59 Å². The van der Waals surface area contributed by atoms with Crippen LogP contribution in [0, 0.1) is 5.92 Å². The molecule has 97 valence electrons. The van der Waals surface area contributed by atoms with E-state index < -0.39 is 0 Å². The fraction of sp³-hybridized carbons (Fsp3) is 0.692. The number of hydrogen-bond donors (Lipinski definition) is 0. The lowest BCUT2D eigenvalue weighted by Gasteiger charge is -2.40. The van der Waals surface area contributed by atoms with Crippen LogP contribution in [0.3, 0.4) is 0 Å². The second-order valence-corrected chi connectivity index (χ2v) is 6.57. The highest BCUT2D eigenvalue weighted by Crippen LogP contribution is 2.33. The molecule has 1 fully saturated rings. The summed E-state index contributed by atoms with van der Waals surface area (Å²) in [5, 5.41) is 0. The van der Waals surface area contributed by atoms with Crippen LogP contribution >= 0.6 is 0 Å². The van der Waals surface area contributed by atoms with Crippen LogP contribution in [0.4, 0.5) is 0 Å². The molecule has 1 aliphatic rings. The smallest absolute Gasteiger partial charge is 0.304 e. The van der Waals surface area contributed by atoms with E-state index in [4.69, 9.17) is 4.74 Å². The summed E-state index contributed by atoms with van der Waals surface area (Å²) in [7, 11) is 1.39. The molecule has 1 aliphatic carbocycles. The minimum atomic E-state index is -0.250. The van der Waals surface area contributed by atoms with Crippen LogP contribution in [-0.2, 0) is 14.3 Å². The molecule has 0 aromatic carbocycles. The number of methoxy groups -OCH3 is 1. The number of carbonyl (C=O) groups is 2. The Morgan fingerprint density at radius 3 is 2.88 bits per heavy atom. The third-order valence-electron chi connectivity index (χ3n) is 3.24.